The number of ether oxygens (including phenoxy) is 1. The van der Waals surface area contributed by atoms with Crippen molar-refractivity contribution in [3.8, 4) is 0 Å². The van der Waals surface area contributed by atoms with E-state index in [-0.39, 0.29) is 17.3 Å². The fourth-order valence-corrected chi connectivity index (χ4v) is 3.16. The first-order chi connectivity index (χ1) is 9.72. The van der Waals surface area contributed by atoms with Crippen molar-refractivity contribution in [3.05, 3.63) is 35.9 Å². The molecule has 2 atom stereocenters. The maximum Gasteiger partial charge on any atom is 0.319 e. The summed E-state index contributed by atoms with van der Waals surface area (Å²) in [5.74, 6) is -0.184. The van der Waals surface area contributed by atoms with Gasteiger partial charge in [0.2, 0.25) is 5.16 Å². The number of carbonyl (C=O) groups excluding carboxylic acids is 1. The van der Waals surface area contributed by atoms with Gasteiger partial charge in [-0.15, -0.1) is 5.10 Å². The molecule has 0 radical (unpaired) electrons. The molecule has 1 aliphatic heterocycles. The first kappa shape index (κ1) is 13.1. The molecule has 0 spiro atoms. The molecular weight excluding hydrogens is 276 g/mol. The SMILES string of the molecule is CC1CC(Sc2nnnn2Cc2ccccc2)C(=O)O1. The lowest BCUT2D eigenvalue weighted by Gasteiger charge is -2.06. The van der Waals surface area contributed by atoms with Crippen LogP contribution in [0.15, 0.2) is 35.5 Å². The molecule has 0 saturated carbocycles. The van der Waals surface area contributed by atoms with Gasteiger partial charge in [-0.25, -0.2) is 4.68 Å². The minimum absolute atomic E-state index is 0.0292. The van der Waals surface area contributed by atoms with Gasteiger partial charge in [0.15, 0.2) is 0 Å². The third-order valence-corrected chi connectivity index (χ3v) is 4.22. The van der Waals surface area contributed by atoms with Gasteiger partial charge >= 0.3 is 5.97 Å². The molecule has 0 bridgehead atoms. The number of hydrogen-bond donors (Lipinski definition) is 0. The minimum Gasteiger partial charge on any atom is -0.462 e. The Balaban J connectivity index is 1.72. The topological polar surface area (TPSA) is 69.9 Å². The Labute approximate surface area is 120 Å². The summed E-state index contributed by atoms with van der Waals surface area (Å²) in [5, 5.41) is 12.1. The third-order valence-electron chi connectivity index (χ3n) is 3.05. The highest BCUT2D eigenvalue weighted by Gasteiger charge is 2.34. The van der Waals surface area contributed by atoms with E-state index < -0.39 is 0 Å². The van der Waals surface area contributed by atoms with Crippen LogP contribution in [0.2, 0.25) is 0 Å². The van der Waals surface area contributed by atoms with Crippen LogP contribution in [-0.2, 0) is 16.1 Å². The van der Waals surface area contributed by atoms with Crippen LogP contribution < -0.4 is 0 Å². The summed E-state index contributed by atoms with van der Waals surface area (Å²) >= 11 is 1.37. The second-order valence-corrected chi connectivity index (χ2v) is 5.86. The molecule has 6 nitrogen and oxygen atoms in total. The van der Waals surface area contributed by atoms with Crippen molar-refractivity contribution in [1.82, 2.24) is 20.2 Å². The van der Waals surface area contributed by atoms with Crippen LogP contribution in [-0.4, -0.2) is 37.5 Å². The Morgan fingerprint density at radius 1 is 1.40 bits per heavy atom. The number of nitrogens with zero attached hydrogens (tertiary/aromatic N) is 4. The van der Waals surface area contributed by atoms with Gasteiger partial charge in [-0.3, -0.25) is 4.79 Å². The van der Waals surface area contributed by atoms with Crippen molar-refractivity contribution in [1.29, 1.82) is 0 Å². The van der Waals surface area contributed by atoms with Crippen molar-refractivity contribution in [3.63, 3.8) is 0 Å². The molecule has 1 fully saturated rings. The van der Waals surface area contributed by atoms with E-state index in [1.807, 2.05) is 37.3 Å². The Morgan fingerprint density at radius 3 is 2.90 bits per heavy atom. The van der Waals surface area contributed by atoms with E-state index >= 15 is 0 Å². The van der Waals surface area contributed by atoms with Crippen LogP contribution in [0.4, 0.5) is 0 Å². The zero-order chi connectivity index (χ0) is 13.9. The number of thioether (sulfide) groups is 1. The zero-order valence-electron chi connectivity index (χ0n) is 11.0. The van der Waals surface area contributed by atoms with E-state index in [1.54, 1.807) is 4.68 Å². The molecule has 1 aromatic heterocycles. The predicted octanol–water partition coefficient (Wildman–Crippen LogP) is 1.52. The van der Waals surface area contributed by atoms with Crippen molar-refractivity contribution >= 4 is 17.7 Å². The lowest BCUT2D eigenvalue weighted by molar-refractivity contribution is -0.140. The number of hydrogen-bond acceptors (Lipinski definition) is 6. The van der Waals surface area contributed by atoms with Crippen molar-refractivity contribution in [2.75, 3.05) is 0 Å². The van der Waals surface area contributed by atoms with Gasteiger partial charge in [0.25, 0.3) is 0 Å². The van der Waals surface area contributed by atoms with Crippen LogP contribution in [0.3, 0.4) is 0 Å². The van der Waals surface area contributed by atoms with Crippen LogP contribution in [0.25, 0.3) is 0 Å². The van der Waals surface area contributed by atoms with E-state index in [9.17, 15) is 4.79 Å². The lowest BCUT2D eigenvalue weighted by atomic mass is 10.2. The Morgan fingerprint density at radius 2 is 2.20 bits per heavy atom. The van der Waals surface area contributed by atoms with Gasteiger partial charge in [0.1, 0.15) is 11.4 Å². The van der Waals surface area contributed by atoms with Gasteiger partial charge in [0, 0.05) is 6.42 Å². The normalized spacial score (nSPS) is 21.9. The summed E-state index contributed by atoms with van der Waals surface area (Å²) in [6, 6.07) is 9.95. The minimum atomic E-state index is -0.217. The molecule has 2 aromatic rings. The summed E-state index contributed by atoms with van der Waals surface area (Å²) in [6.45, 7) is 2.49. The number of esters is 1. The summed E-state index contributed by atoms with van der Waals surface area (Å²) < 4.78 is 6.85. The third kappa shape index (κ3) is 2.82. The molecule has 0 N–H and O–H groups in total. The lowest BCUT2D eigenvalue weighted by Crippen LogP contribution is -2.12. The maximum atomic E-state index is 11.7. The summed E-state index contributed by atoms with van der Waals surface area (Å²) in [5.41, 5.74) is 1.11. The average Bonchev–Trinajstić information content (AvgIpc) is 2.99. The molecule has 0 amide bonds. The first-order valence-corrected chi connectivity index (χ1v) is 7.27. The van der Waals surface area contributed by atoms with E-state index in [1.165, 1.54) is 11.8 Å². The second kappa shape index (κ2) is 5.62. The summed E-state index contributed by atoms with van der Waals surface area (Å²) in [7, 11) is 0. The second-order valence-electron chi connectivity index (χ2n) is 4.69. The Hall–Kier alpha value is -1.89. The number of carbonyl (C=O) groups is 1. The molecule has 1 aromatic carbocycles. The highest BCUT2D eigenvalue weighted by atomic mass is 32.2. The van der Waals surface area contributed by atoms with Gasteiger partial charge in [-0.2, -0.15) is 0 Å². The predicted molar refractivity (Wildman–Crippen MR) is 73.2 cm³/mol. The highest BCUT2D eigenvalue weighted by Crippen LogP contribution is 2.30. The number of tetrazole rings is 1. The maximum absolute atomic E-state index is 11.7. The fourth-order valence-electron chi connectivity index (χ4n) is 2.08. The summed E-state index contributed by atoms with van der Waals surface area (Å²) in [6.07, 6.45) is 0.667. The molecule has 104 valence electrons. The Bertz CT molecular complexity index is 601. The monoisotopic (exact) mass is 290 g/mol. The largest absolute Gasteiger partial charge is 0.462 e. The Kier molecular flexibility index (Phi) is 3.68. The van der Waals surface area contributed by atoms with Gasteiger partial charge in [0.05, 0.1) is 6.54 Å². The molecule has 20 heavy (non-hydrogen) atoms. The van der Waals surface area contributed by atoms with E-state index in [2.05, 4.69) is 15.5 Å². The fraction of sp³-hybridized carbons (Fsp3) is 0.385. The molecule has 1 aliphatic rings. The van der Waals surface area contributed by atoms with Crippen molar-refractivity contribution < 1.29 is 9.53 Å². The van der Waals surface area contributed by atoms with Gasteiger partial charge < -0.3 is 4.74 Å². The van der Waals surface area contributed by atoms with Crippen molar-refractivity contribution in [2.24, 2.45) is 0 Å². The molecule has 3 rings (SSSR count). The summed E-state index contributed by atoms with van der Waals surface area (Å²) in [4.78, 5) is 11.7. The van der Waals surface area contributed by atoms with Gasteiger partial charge in [-0.1, -0.05) is 42.1 Å². The van der Waals surface area contributed by atoms with E-state index in [4.69, 9.17) is 4.74 Å². The van der Waals surface area contributed by atoms with Crippen molar-refractivity contribution in [2.45, 2.75) is 36.4 Å². The van der Waals surface area contributed by atoms with Crippen LogP contribution in [0, 0.1) is 0 Å². The number of rotatable bonds is 4. The number of aromatic nitrogens is 4. The van der Waals surface area contributed by atoms with Crippen LogP contribution in [0.5, 0.6) is 0 Å². The highest BCUT2D eigenvalue weighted by molar-refractivity contribution is 8.00. The molecule has 0 aliphatic carbocycles. The standard InChI is InChI=1S/C13H14N4O2S/c1-9-7-11(12(18)19-9)20-13-14-15-16-17(13)8-10-5-3-2-4-6-10/h2-6,9,11H,7-8H2,1H3. The molecular formula is C13H14N4O2S. The molecule has 7 heteroatoms. The zero-order valence-corrected chi connectivity index (χ0v) is 11.8. The number of benzene rings is 1. The smallest absolute Gasteiger partial charge is 0.319 e. The van der Waals surface area contributed by atoms with E-state index in [0.717, 1.165) is 5.56 Å². The first-order valence-electron chi connectivity index (χ1n) is 6.39. The number of cyclic esters (lactones) is 1. The van der Waals surface area contributed by atoms with Crippen LogP contribution in [0.1, 0.15) is 18.9 Å². The quantitative estimate of drug-likeness (QED) is 0.795. The molecule has 2 unspecified atom stereocenters. The average molecular weight is 290 g/mol. The molecule has 2 heterocycles. The molecule has 1 saturated heterocycles. The van der Waals surface area contributed by atoms with Gasteiger partial charge in [-0.05, 0) is 22.9 Å². The van der Waals surface area contributed by atoms with Crippen LogP contribution >= 0.6 is 11.8 Å². The van der Waals surface area contributed by atoms with E-state index in [0.29, 0.717) is 18.1 Å².